The molecular weight excluding hydrogens is 817 g/mol. The molecule has 2 N–H and O–H groups in total. The van der Waals surface area contributed by atoms with E-state index in [0.29, 0.717) is 51.3 Å². The number of amides is 4. The fourth-order valence-electron chi connectivity index (χ4n) is 9.11. The Bertz CT molecular complexity index is 2330. The molecule has 2 saturated heterocycles. The van der Waals surface area contributed by atoms with Crippen molar-refractivity contribution in [1.29, 1.82) is 0 Å². The van der Waals surface area contributed by atoms with Gasteiger partial charge in [0.1, 0.15) is 12.1 Å². The topological polar surface area (TPSA) is 181 Å². The maximum atomic E-state index is 14.3. The van der Waals surface area contributed by atoms with E-state index in [2.05, 4.69) is 65.8 Å². The van der Waals surface area contributed by atoms with Gasteiger partial charge in [-0.3, -0.25) is 34.0 Å². The minimum atomic E-state index is -1.06. The van der Waals surface area contributed by atoms with Gasteiger partial charge in [0.2, 0.25) is 17.7 Å². The number of nitrogens with one attached hydrogen (secondary N) is 2. The van der Waals surface area contributed by atoms with Crippen LogP contribution in [0.4, 0.5) is 0 Å². The second-order valence-electron chi connectivity index (χ2n) is 18.0. The molecule has 4 atom stereocenters. The van der Waals surface area contributed by atoms with Crippen LogP contribution in [0, 0.1) is 17.3 Å². The van der Waals surface area contributed by atoms with Crippen LogP contribution in [0.25, 0.3) is 33.5 Å². The summed E-state index contributed by atoms with van der Waals surface area (Å²) in [6.07, 6.45) is 7.10. The zero-order valence-electron chi connectivity index (χ0n) is 38.5. The van der Waals surface area contributed by atoms with Gasteiger partial charge in [0.05, 0.1) is 42.6 Å². The van der Waals surface area contributed by atoms with Crippen LogP contribution in [0.15, 0.2) is 59.8 Å². The molecule has 0 bridgehead atoms. The summed E-state index contributed by atoms with van der Waals surface area (Å²) in [5, 5.41) is 5.50. The summed E-state index contributed by atoms with van der Waals surface area (Å²) in [7, 11) is 3.27. The van der Waals surface area contributed by atoms with E-state index in [1.807, 2.05) is 32.9 Å². The number of fused-ring (bicyclic) bond motifs is 1. The van der Waals surface area contributed by atoms with Gasteiger partial charge >= 0.3 is 0 Å². The Labute approximate surface area is 375 Å². The minimum Gasteiger partial charge on any atom is -0.467 e. The molecule has 0 aliphatic carbocycles. The number of nitrogens with zero attached hydrogens (tertiary/aromatic N) is 6. The molecule has 0 spiro atoms. The molecule has 344 valence electrons. The maximum absolute atomic E-state index is 14.3. The molecule has 16 nitrogen and oxygen atoms in total. The molecule has 2 aliphatic heterocycles. The Hall–Kier alpha value is -5.87. The molecule has 0 saturated carbocycles. The van der Waals surface area contributed by atoms with Crippen LogP contribution in [0.3, 0.4) is 0 Å². The molecule has 1 unspecified atom stereocenters. The van der Waals surface area contributed by atoms with E-state index in [9.17, 15) is 24.0 Å². The second kappa shape index (κ2) is 20.8. The van der Waals surface area contributed by atoms with Crippen LogP contribution in [-0.4, -0.2) is 118 Å². The molecule has 6 rings (SSSR count). The number of benzene rings is 1. The number of hydrazine groups is 1. The fourth-order valence-corrected chi connectivity index (χ4v) is 9.11. The van der Waals surface area contributed by atoms with Crippen molar-refractivity contribution < 1.29 is 37.9 Å². The van der Waals surface area contributed by atoms with Gasteiger partial charge in [-0.05, 0) is 87.4 Å². The van der Waals surface area contributed by atoms with Crippen LogP contribution in [0.5, 0.6) is 0 Å². The molecule has 16 heteroatoms. The van der Waals surface area contributed by atoms with Gasteiger partial charge in [0.15, 0.2) is 11.7 Å². The van der Waals surface area contributed by atoms with Gasteiger partial charge in [0.25, 0.3) is 12.4 Å². The number of aromatic nitrogens is 3. The lowest BCUT2D eigenvalue weighted by Gasteiger charge is -2.34. The summed E-state index contributed by atoms with van der Waals surface area (Å²) >= 11 is 0. The van der Waals surface area contributed by atoms with Crippen molar-refractivity contribution in [3.8, 4) is 22.6 Å². The van der Waals surface area contributed by atoms with E-state index >= 15 is 0 Å². The smallest absolute Gasteiger partial charge is 0.293 e. The summed E-state index contributed by atoms with van der Waals surface area (Å²) in [5.74, 6) is -1.30. The van der Waals surface area contributed by atoms with Crippen LogP contribution in [0.2, 0.25) is 0 Å². The quantitative estimate of drug-likeness (QED) is 0.0897. The number of carbonyl (C=O) groups is 5. The number of hydrogen-bond acceptors (Lipinski definition) is 11. The zero-order valence-corrected chi connectivity index (χ0v) is 38.5. The molecule has 1 aromatic carbocycles. The molecule has 2 aliphatic rings. The van der Waals surface area contributed by atoms with Gasteiger partial charge in [-0.15, -0.1) is 0 Å². The Morgan fingerprint density at radius 1 is 1.12 bits per heavy atom. The highest BCUT2D eigenvalue weighted by atomic mass is 16.5. The fraction of sp³-hybridized carbons (Fsp3) is 0.521. The summed E-state index contributed by atoms with van der Waals surface area (Å²) in [4.78, 5) is 78.2. The van der Waals surface area contributed by atoms with Crippen LogP contribution < -0.4 is 10.7 Å². The first-order chi connectivity index (χ1) is 30.6. The third-order valence-electron chi connectivity index (χ3n) is 12.4. The van der Waals surface area contributed by atoms with Crippen molar-refractivity contribution in [2.45, 2.75) is 98.4 Å². The number of oxazole rings is 1. The summed E-state index contributed by atoms with van der Waals surface area (Å²) < 4.78 is 19.8. The Kier molecular flexibility index (Phi) is 15.4. The predicted molar refractivity (Wildman–Crippen MR) is 242 cm³/mol. The number of likely N-dealkylation sites (tertiary alicyclic amines) is 1. The SMILES string of the molecule is C=CC(=O)N1CC[C@H](C(=O)N(C)[C@H](C(=O)NC(Cc2ncc(-c3ccc4c(c3)c(CC(C)(C)COC=O)c(-c3cccnc3[C@H](C)OC)n4CC)o2)C(=O)N2CCCCN2)C(C)C)C1. The first kappa shape index (κ1) is 47.6. The van der Waals surface area contributed by atoms with Crippen molar-refractivity contribution in [3.63, 3.8) is 0 Å². The van der Waals surface area contributed by atoms with Crippen LogP contribution in [-0.2, 0) is 52.8 Å². The molecular formula is C48H64N8O8. The molecule has 2 fully saturated rings. The van der Waals surface area contributed by atoms with E-state index in [1.165, 1.54) is 16.0 Å². The number of rotatable bonds is 19. The predicted octanol–water partition coefficient (Wildman–Crippen LogP) is 5.50. The maximum Gasteiger partial charge on any atom is 0.293 e. The highest BCUT2D eigenvalue weighted by Gasteiger charge is 2.39. The molecule has 5 heterocycles. The first-order valence-corrected chi connectivity index (χ1v) is 22.3. The van der Waals surface area contributed by atoms with Crippen molar-refractivity contribution in [2.24, 2.45) is 17.3 Å². The van der Waals surface area contributed by atoms with Gasteiger partial charge in [-0.2, -0.15) is 0 Å². The van der Waals surface area contributed by atoms with E-state index in [4.69, 9.17) is 18.9 Å². The normalized spacial score (nSPS) is 17.0. The standard InChI is InChI=1S/C48H64N8O8/c1-10-41(58)54-22-18-33(27-54)46(60)53(8)43(30(3)4)45(59)52-37(47(61)56-21-13-12-20-51-56)24-40-50-26-39(64-40)32-16-17-38-35(23-32)36(25-48(6,7)28-63-29-57)44(55(38)11-2)34-15-14-19-49-42(34)31(5)62-9/h10,14-17,19,23,26,29-31,33,37,43,51H,1,11-13,18,20-22,24-25,27-28H2,2-9H3,(H,52,59)/t31-,33-,37?,43-/m0/s1. The molecule has 4 amide bonds. The molecule has 0 radical (unpaired) electrons. The highest BCUT2D eigenvalue weighted by Crippen LogP contribution is 2.42. The Morgan fingerprint density at radius 3 is 2.58 bits per heavy atom. The number of likely N-dealkylation sites (N-methyl/N-ethyl adjacent to an activating group) is 1. The highest BCUT2D eigenvalue weighted by molar-refractivity contribution is 5.95. The second-order valence-corrected chi connectivity index (χ2v) is 18.0. The van der Waals surface area contributed by atoms with Crippen molar-refractivity contribution in [3.05, 3.63) is 72.5 Å². The van der Waals surface area contributed by atoms with Crippen molar-refractivity contribution in [1.82, 2.24) is 40.1 Å². The summed E-state index contributed by atoms with van der Waals surface area (Å²) in [6.45, 7) is 18.6. The number of hydrogen-bond donors (Lipinski definition) is 2. The third-order valence-corrected chi connectivity index (χ3v) is 12.4. The molecule has 4 aromatic rings. The average molecular weight is 881 g/mol. The van der Waals surface area contributed by atoms with Crippen LogP contribution in [0.1, 0.15) is 84.1 Å². The van der Waals surface area contributed by atoms with Crippen molar-refractivity contribution in [2.75, 3.05) is 46.9 Å². The van der Waals surface area contributed by atoms with Gasteiger partial charge in [0, 0.05) is 80.5 Å². The Morgan fingerprint density at radius 2 is 1.91 bits per heavy atom. The zero-order chi connectivity index (χ0) is 46.3. The van der Waals surface area contributed by atoms with E-state index in [0.717, 1.165) is 51.8 Å². The summed E-state index contributed by atoms with van der Waals surface area (Å²) in [6, 6.07) is 8.16. The number of pyridine rings is 1. The lowest BCUT2D eigenvalue weighted by Crippen LogP contribution is -2.59. The van der Waals surface area contributed by atoms with E-state index < -0.39 is 29.3 Å². The number of aryl methyl sites for hydroxylation is 1. The number of ether oxygens (including phenoxy) is 2. The van der Waals surface area contributed by atoms with E-state index in [-0.39, 0.29) is 55.2 Å². The van der Waals surface area contributed by atoms with Gasteiger partial charge in [-0.1, -0.05) is 34.3 Å². The lowest BCUT2D eigenvalue weighted by molar-refractivity contribution is -0.145. The number of carbonyl (C=O) groups excluding carboxylic acids is 5. The average Bonchev–Trinajstić information content (AvgIpc) is 4.05. The van der Waals surface area contributed by atoms with Gasteiger partial charge < -0.3 is 33.6 Å². The third kappa shape index (κ3) is 10.4. The molecule has 64 heavy (non-hydrogen) atoms. The van der Waals surface area contributed by atoms with Crippen molar-refractivity contribution >= 4 is 41.0 Å². The largest absolute Gasteiger partial charge is 0.467 e. The monoisotopic (exact) mass is 880 g/mol. The van der Waals surface area contributed by atoms with E-state index in [1.54, 1.807) is 31.5 Å². The first-order valence-electron chi connectivity index (χ1n) is 22.3. The van der Waals surface area contributed by atoms with Crippen LogP contribution >= 0.6 is 0 Å². The summed E-state index contributed by atoms with van der Waals surface area (Å²) in [5.41, 5.74) is 8.31. The Balaban J connectivity index is 1.33. The minimum absolute atomic E-state index is 0.0390. The number of methoxy groups -OCH3 is 1. The van der Waals surface area contributed by atoms with Gasteiger partial charge in [-0.25, -0.2) is 10.4 Å². The lowest BCUT2D eigenvalue weighted by atomic mass is 9.84. The molecule has 3 aromatic heterocycles.